The summed E-state index contributed by atoms with van der Waals surface area (Å²) in [5.74, 6) is 1.78. The Balaban J connectivity index is 0.000000263. The van der Waals surface area contributed by atoms with Crippen LogP contribution in [-0.2, 0) is 48.7 Å². The number of nitrogens with two attached hydrogens (primary N) is 3. The summed E-state index contributed by atoms with van der Waals surface area (Å²) < 4.78 is 56.0. The number of Topliss-reactive ketones (excluding diaryl/α,β-unsaturated/α-hetero) is 1. The van der Waals surface area contributed by atoms with E-state index in [1.165, 1.54) is 101 Å². The highest BCUT2D eigenvalue weighted by Crippen LogP contribution is 2.42. The Morgan fingerprint density at radius 2 is 0.923 bits per heavy atom. The number of hydrogen-bond donors (Lipinski definition) is 5. The van der Waals surface area contributed by atoms with Crippen LogP contribution in [0.1, 0.15) is 186 Å². The third-order valence-corrected chi connectivity index (χ3v) is 25.4. The largest absolute Gasteiger partial charge is 0.489 e. The van der Waals surface area contributed by atoms with Gasteiger partial charge in [-0.05, 0) is 329 Å². The Labute approximate surface area is 864 Å². The first kappa shape index (κ1) is 119. The van der Waals surface area contributed by atoms with Gasteiger partial charge in [0.2, 0.25) is 5.78 Å². The van der Waals surface area contributed by atoms with Crippen LogP contribution >= 0.6 is 47.8 Å². The van der Waals surface area contributed by atoms with Crippen molar-refractivity contribution in [3.05, 3.63) is 393 Å². The number of benzene rings is 12. The number of aliphatic imine (C=N–C) groups is 2. The fourth-order valence-electron chi connectivity index (χ4n) is 16.2. The molecule has 1 radical (unpaired) electrons. The molecule has 12 aromatic carbocycles. The second kappa shape index (κ2) is 57.3. The number of piperidine rings is 2. The Morgan fingerprint density at radius 1 is 0.510 bits per heavy atom. The highest BCUT2D eigenvalue weighted by Gasteiger charge is 2.40. The zero-order chi connectivity index (χ0) is 99.3. The van der Waals surface area contributed by atoms with Crippen molar-refractivity contribution in [2.45, 2.75) is 175 Å². The molecule has 0 spiro atoms. The number of nitro groups is 3. The normalized spacial score (nSPS) is 13.3. The standard InChI is InChI=1S/C28H31BN2O2.C27H28N2O.C14H12O2.C13H15BN3O3.C10H7BrF3NO3.C7H7BrN2O2.C7H8BrN.5CH4/c1-20-16-24(22-12-14-31(15-13-22)29(2)32)17-25-18-27(30-28(20)25)23-8-10-26(11-9-23)33-19-21-6-4-3-5-7-21;1-19-15-23(21-11-13-28-14-12-21)16-24-17-26(29-27(19)24)22-7-9-25(10-8-22)30-18-20-5-3-2-4-6-20;15-10-12-6-8-14(9-7-12)16-11-13-4-2-1-3-5-13;1-9-6-11(7-12(13(9)15)17(19)20)10-2-4-16(5-3-10)14-8-18;1-5-2-6(11)3-8(15(17)18)7(5)4-9(16)10(12,13)14;1-4-2-5(8)3-6(7(4)9)10(11)12;1-5-4-6(8)2-3-7(5)9;;;;;/h3-11,16-17,22,32H,12-15,18-19H2,1-2H3;2-10,15-16,21,28H,11-14,17-18H2,1H3;1-10H,11H2;2,6-8H,3-5,15H2,1H3;2-3H,4H2,1H3;2-3H,9H2,1H3;2-4H,9H2,1H3;5*1H4. The van der Waals surface area contributed by atoms with Gasteiger partial charge in [0.25, 0.3) is 24.5 Å². The number of nitrogens with zero attached hydrogens (tertiary/aromatic N) is 7. The van der Waals surface area contributed by atoms with Crippen molar-refractivity contribution in [1.82, 2.24) is 14.9 Å². The highest BCUT2D eigenvalue weighted by molar-refractivity contribution is 9.11. The summed E-state index contributed by atoms with van der Waals surface area (Å²) >= 11 is 9.51. The molecule has 8 N–H and O–H groups in total. The number of carbonyl (C=O) groups excluding carboxylic acids is 3. The molecule has 0 unspecified atom stereocenters. The number of rotatable bonds is 23. The van der Waals surface area contributed by atoms with Crippen LogP contribution in [0, 0.1) is 71.9 Å². The van der Waals surface area contributed by atoms with Gasteiger partial charge in [-0.1, -0.05) is 206 Å². The summed E-state index contributed by atoms with van der Waals surface area (Å²) in [6, 6.07) is 78.5. The molecule has 143 heavy (non-hydrogen) atoms. The minimum absolute atomic E-state index is 0. The van der Waals surface area contributed by atoms with Gasteiger partial charge in [0.15, 0.2) is 0 Å². The monoisotopic (exact) mass is 2140 g/mol. The van der Waals surface area contributed by atoms with Gasteiger partial charge in [0, 0.05) is 74.2 Å². The number of nitro benzene ring substituents is 3. The van der Waals surface area contributed by atoms with E-state index in [4.69, 9.17) is 41.4 Å². The third kappa shape index (κ3) is 34.9. The highest BCUT2D eigenvalue weighted by atomic mass is 79.9. The van der Waals surface area contributed by atoms with Crippen LogP contribution in [0.25, 0.3) is 5.57 Å². The van der Waals surface area contributed by atoms with E-state index in [1.807, 2.05) is 128 Å². The lowest BCUT2D eigenvalue weighted by atomic mass is 9.79. The Kier molecular flexibility index (Phi) is 47.5. The Hall–Kier alpha value is -13.1. The zero-order valence-corrected chi connectivity index (χ0v) is 82.4. The molecule has 0 saturated carbocycles. The summed E-state index contributed by atoms with van der Waals surface area (Å²) in [7, 11) is 1.16. The summed E-state index contributed by atoms with van der Waals surface area (Å²) in [5.41, 5.74) is 41.2. The summed E-state index contributed by atoms with van der Waals surface area (Å²) in [6.45, 7) is 20.4. The quantitative estimate of drug-likeness (QED) is 0.0131. The fourth-order valence-corrected chi connectivity index (χ4v) is 17.8. The van der Waals surface area contributed by atoms with Gasteiger partial charge >= 0.3 is 13.2 Å². The molecule has 0 bridgehead atoms. The lowest BCUT2D eigenvalue weighted by Gasteiger charge is -2.33. The number of halogens is 6. The number of aryl methyl sites for hydroxylation is 6. The maximum atomic E-state index is 12.1. The molecule has 753 valence electrons. The van der Waals surface area contributed by atoms with E-state index >= 15 is 0 Å². The number of nitrogen functional groups attached to an aromatic ring is 3. The van der Waals surface area contributed by atoms with Gasteiger partial charge < -0.3 is 56.2 Å². The molecule has 5 aliphatic rings. The van der Waals surface area contributed by atoms with Crippen molar-refractivity contribution < 1.29 is 61.6 Å². The molecule has 2 fully saturated rings. The van der Waals surface area contributed by atoms with Crippen molar-refractivity contribution in [3.8, 4) is 17.2 Å². The fraction of sp³-hybridized carbons (Fsp3) is 0.288. The molecule has 12 aromatic rings. The van der Waals surface area contributed by atoms with Crippen LogP contribution in [0.15, 0.2) is 272 Å². The number of ether oxygens (including phenoxy) is 3. The number of aldehydes is 1. The van der Waals surface area contributed by atoms with Crippen LogP contribution < -0.4 is 36.7 Å². The van der Waals surface area contributed by atoms with Crippen LogP contribution in [0.4, 0.5) is 58.7 Å². The Bertz CT molecular complexity index is 6360. The second-order valence-electron chi connectivity index (χ2n) is 33.9. The number of alkyl halides is 3. The molecule has 5 aliphatic heterocycles. The van der Waals surface area contributed by atoms with Gasteiger partial charge in [0.1, 0.15) is 54.7 Å². The minimum Gasteiger partial charge on any atom is -0.489 e. The number of nitrogens with one attached hydrogen (secondary N) is 1. The van der Waals surface area contributed by atoms with E-state index in [1.54, 1.807) is 44.2 Å². The lowest BCUT2D eigenvalue weighted by Crippen LogP contribution is -2.42. The number of carbonyl (C=O) groups is 3. The van der Waals surface area contributed by atoms with Crippen molar-refractivity contribution in [3.63, 3.8) is 0 Å². The second-order valence-corrected chi connectivity index (χ2v) is 36.7. The number of anilines is 3. The van der Waals surface area contributed by atoms with Gasteiger partial charge in [-0.2, -0.15) is 13.2 Å². The van der Waals surface area contributed by atoms with Crippen LogP contribution in [0.3, 0.4) is 0 Å². The molecule has 0 aromatic heterocycles. The van der Waals surface area contributed by atoms with Gasteiger partial charge in [-0.15, -0.1) is 0 Å². The topological polar surface area (TPSA) is 350 Å². The van der Waals surface area contributed by atoms with Gasteiger partial charge in [-0.25, -0.2) is 0 Å². The summed E-state index contributed by atoms with van der Waals surface area (Å²) in [6.07, 6.45) is 4.74. The molecule has 24 nitrogen and oxygen atoms in total. The molecule has 2 saturated heterocycles. The molecule has 17 rings (SSSR count). The smallest absolute Gasteiger partial charge is 0.450 e. The van der Waals surface area contributed by atoms with Crippen molar-refractivity contribution in [1.29, 1.82) is 0 Å². The third-order valence-electron chi connectivity index (χ3n) is 24.0. The molecular formula is C111H128B2Br3F3N11O13. The average Bonchev–Trinajstić information content (AvgIpc) is 1.67. The van der Waals surface area contributed by atoms with E-state index in [9.17, 15) is 62.9 Å². The number of hydrogen-bond acceptors (Lipinski definition) is 21. The van der Waals surface area contributed by atoms with E-state index in [0.717, 1.165) is 156 Å². The number of ketones is 1. The molecular weight excluding hydrogens is 2010 g/mol. The maximum Gasteiger partial charge on any atom is 0.450 e. The maximum absolute atomic E-state index is 12.1. The first-order chi connectivity index (χ1) is 66.1. The van der Waals surface area contributed by atoms with E-state index in [-0.39, 0.29) is 78.1 Å². The molecule has 32 heteroatoms. The van der Waals surface area contributed by atoms with Crippen LogP contribution in [0.2, 0.25) is 6.82 Å². The Morgan fingerprint density at radius 3 is 1.32 bits per heavy atom. The molecule has 0 atom stereocenters. The zero-order valence-electron chi connectivity index (χ0n) is 77.6. The molecule has 0 amide bonds. The lowest BCUT2D eigenvalue weighted by molar-refractivity contribution is -0.385. The predicted octanol–water partition coefficient (Wildman–Crippen LogP) is 26.8. The van der Waals surface area contributed by atoms with Gasteiger partial charge in [-0.3, -0.25) is 49.9 Å². The average molecular weight is 2140 g/mol. The minimum atomic E-state index is -4.99. The van der Waals surface area contributed by atoms with Crippen LogP contribution in [0.5, 0.6) is 17.2 Å². The van der Waals surface area contributed by atoms with E-state index in [0.29, 0.717) is 63.8 Å². The predicted molar refractivity (Wildman–Crippen MR) is 588 cm³/mol. The molecule has 5 heterocycles. The molecule has 0 aliphatic carbocycles. The van der Waals surface area contributed by atoms with Crippen LogP contribution in [-0.4, -0.2) is 119 Å². The summed E-state index contributed by atoms with van der Waals surface area (Å²) in [4.78, 5) is 76.2. The van der Waals surface area contributed by atoms with Gasteiger partial charge in [0.05, 0.1) is 43.8 Å². The first-order valence-corrected chi connectivity index (χ1v) is 47.3. The van der Waals surface area contributed by atoms with E-state index in [2.05, 4.69) is 157 Å². The summed E-state index contributed by atoms with van der Waals surface area (Å²) in [5, 5.41) is 45.5. The van der Waals surface area contributed by atoms with Crippen molar-refractivity contribution in [2.24, 2.45) is 9.98 Å². The van der Waals surface area contributed by atoms with Crippen molar-refractivity contribution >= 4 is 143 Å². The number of fused-ring (bicyclic) bond motifs is 2. The first-order valence-electron chi connectivity index (χ1n) is 44.9. The SMILES string of the molecule is C.C.C.C.C.CB(O)N1CCC(c2cc(C)c3c(c2)CC(c2ccc(OCc4ccccc4)cc2)=N3)CC1.Cc1cc(Br)cc([N+](=O)[O-])c1CC(=O)C(F)(F)F.Cc1cc(Br)cc([N+](=O)[O-])c1N.Cc1cc(Br)ccc1N.Cc1cc(C2=CCN([B]C=O)CC2)cc([N+](=O)[O-])c1N.Cc1cc(C2CCNCC2)cc2c1N=C(c1ccc(OCc3ccccc3)cc1)C2.O=Cc1ccc(OCc2ccccc2)cc1. The van der Waals surface area contributed by atoms with E-state index < -0.39 is 38.8 Å². The van der Waals surface area contributed by atoms with Crippen molar-refractivity contribution in [2.75, 3.05) is 56.5 Å².